The first-order chi connectivity index (χ1) is 35.6. The SMILES string of the molecule is CC/C=C\C/C=C\C/C=C\C/C=C\C/C=C\C/C=C\C/C=C\CCCCCCOCC(COC1OC(COC2OC(CO)C(O)C(O)C2O)C(O)C(O)C1O)OC(=O)CC/C=C\C/C=C\C/C=C\C/C=C\CC. The molecule has 2 saturated heterocycles. The maximum atomic E-state index is 13.0. The molecule has 2 heterocycles. The zero-order chi connectivity index (χ0) is 53.0. The molecule has 0 saturated carbocycles. The number of aliphatic hydroxyl groups excluding tert-OH is 7. The van der Waals surface area contributed by atoms with Crippen molar-refractivity contribution in [3.8, 4) is 0 Å². The molecule has 7 N–H and O–H groups in total. The molecule has 0 aromatic rings. The van der Waals surface area contributed by atoms with Crippen LogP contribution < -0.4 is 0 Å². The second kappa shape index (κ2) is 44.4. The molecule has 0 aliphatic carbocycles. The third-order valence-electron chi connectivity index (χ3n) is 11.7. The molecule has 11 unspecified atom stereocenters. The van der Waals surface area contributed by atoms with Crippen LogP contribution in [0, 0.1) is 0 Å². The highest BCUT2D eigenvalue weighted by Gasteiger charge is 2.47. The largest absolute Gasteiger partial charge is 0.457 e. The Bertz CT molecular complexity index is 1710. The van der Waals surface area contributed by atoms with E-state index < -0.39 is 86.7 Å². The van der Waals surface area contributed by atoms with Gasteiger partial charge >= 0.3 is 5.97 Å². The van der Waals surface area contributed by atoms with Gasteiger partial charge in [0.05, 0.1) is 26.4 Å². The van der Waals surface area contributed by atoms with Gasteiger partial charge in [0.2, 0.25) is 0 Å². The summed E-state index contributed by atoms with van der Waals surface area (Å²) in [5, 5.41) is 72.2. The van der Waals surface area contributed by atoms with Crippen molar-refractivity contribution in [2.24, 2.45) is 0 Å². The Balaban J connectivity index is 1.76. The Hall–Kier alpha value is -3.87. The second-order valence-corrected chi connectivity index (χ2v) is 17.9. The molecule has 0 aromatic heterocycles. The van der Waals surface area contributed by atoms with E-state index in [1.807, 2.05) is 12.2 Å². The van der Waals surface area contributed by atoms with Crippen molar-refractivity contribution in [2.45, 2.75) is 197 Å². The number of aliphatic hydroxyl groups is 7. The van der Waals surface area contributed by atoms with Crippen LogP contribution >= 0.6 is 0 Å². The fourth-order valence-corrected chi connectivity index (χ4v) is 7.39. The summed E-state index contributed by atoms with van der Waals surface area (Å²) in [5.41, 5.74) is 0. The first-order valence-corrected chi connectivity index (χ1v) is 26.8. The van der Waals surface area contributed by atoms with Crippen LogP contribution in [-0.4, -0.2) is 142 Å². The zero-order valence-electron chi connectivity index (χ0n) is 43.8. The molecule has 2 aliphatic heterocycles. The fourth-order valence-electron chi connectivity index (χ4n) is 7.39. The standard InChI is InChI=1S/C59H92O14/c1-3-5-7-9-11-13-15-17-18-19-20-21-22-23-24-25-26-27-28-29-31-33-35-37-39-41-43-68-45-48(71-51(61)42-40-38-36-34-32-30-16-14-12-10-8-6-4-2)46-69-58-57(67)55(65)53(63)50(73-58)47-70-59-56(66)54(64)52(62)49(44-60)72-59/h5-8,11-14,17-18,20-21,23-24,26-27,29-32,36,38,48-50,52-60,62-67H,3-4,9-10,15-16,19,22,25,28,33-35,37,39-47H2,1-2H3/b7-5-,8-6-,13-11-,14-12-,18-17-,21-20-,24-23-,27-26-,31-29-,32-30-,38-36-. The molecule has 2 aliphatic rings. The lowest BCUT2D eigenvalue weighted by Gasteiger charge is -2.42. The summed E-state index contributed by atoms with van der Waals surface area (Å²) >= 11 is 0. The number of ether oxygens (including phenoxy) is 6. The summed E-state index contributed by atoms with van der Waals surface area (Å²) in [4.78, 5) is 13.0. The molecule has 0 bridgehead atoms. The maximum absolute atomic E-state index is 13.0. The highest BCUT2D eigenvalue weighted by molar-refractivity contribution is 5.69. The molecule has 0 amide bonds. The monoisotopic (exact) mass is 1020 g/mol. The normalized spacial score (nSPS) is 26.0. The van der Waals surface area contributed by atoms with Crippen LogP contribution in [0.4, 0.5) is 0 Å². The minimum atomic E-state index is -1.73. The van der Waals surface area contributed by atoms with E-state index >= 15 is 0 Å². The van der Waals surface area contributed by atoms with Gasteiger partial charge in [-0.25, -0.2) is 0 Å². The van der Waals surface area contributed by atoms with E-state index in [2.05, 4.69) is 135 Å². The Labute approximate surface area is 437 Å². The van der Waals surface area contributed by atoms with Gasteiger partial charge in [-0.05, 0) is 96.3 Å². The number of hydrogen-bond donors (Lipinski definition) is 7. The fraction of sp³-hybridized carbons (Fsp3) is 0.610. The van der Waals surface area contributed by atoms with Gasteiger partial charge < -0.3 is 64.2 Å². The highest BCUT2D eigenvalue weighted by atomic mass is 16.7. The van der Waals surface area contributed by atoms with Crippen LogP contribution in [0.3, 0.4) is 0 Å². The zero-order valence-corrected chi connectivity index (χ0v) is 43.8. The number of allylic oxidation sites excluding steroid dienone is 22. The van der Waals surface area contributed by atoms with E-state index in [4.69, 9.17) is 28.4 Å². The van der Waals surface area contributed by atoms with Crippen molar-refractivity contribution in [1.29, 1.82) is 0 Å². The van der Waals surface area contributed by atoms with Gasteiger partial charge in [-0.2, -0.15) is 0 Å². The van der Waals surface area contributed by atoms with E-state index in [0.717, 1.165) is 103 Å². The van der Waals surface area contributed by atoms with E-state index in [1.54, 1.807) is 0 Å². The number of esters is 1. The topological polar surface area (TPSA) is 214 Å². The molecule has 412 valence electrons. The van der Waals surface area contributed by atoms with Crippen LogP contribution in [0.1, 0.15) is 129 Å². The summed E-state index contributed by atoms with van der Waals surface area (Å²) in [6, 6.07) is 0. The molecular weight excluding hydrogens is 933 g/mol. The molecule has 73 heavy (non-hydrogen) atoms. The highest BCUT2D eigenvalue weighted by Crippen LogP contribution is 2.26. The lowest BCUT2D eigenvalue weighted by Crippen LogP contribution is -2.61. The molecular formula is C59H92O14. The van der Waals surface area contributed by atoms with E-state index in [0.29, 0.717) is 13.0 Å². The first kappa shape index (κ1) is 65.2. The number of carbonyl (C=O) groups is 1. The Morgan fingerprint density at radius 3 is 1.32 bits per heavy atom. The van der Waals surface area contributed by atoms with Crippen LogP contribution in [-0.2, 0) is 33.2 Å². The van der Waals surface area contributed by atoms with Gasteiger partial charge in [-0.3, -0.25) is 4.79 Å². The smallest absolute Gasteiger partial charge is 0.306 e. The average Bonchev–Trinajstić information content (AvgIpc) is 3.39. The van der Waals surface area contributed by atoms with Crippen molar-refractivity contribution in [3.63, 3.8) is 0 Å². The molecule has 14 nitrogen and oxygen atoms in total. The van der Waals surface area contributed by atoms with Crippen molar-refractivity contribution in [1.82, 2.24) is 0 Å². The Kier molecular flexibility index (Phi) is 39.7. The van der Waals surface area contributed by atoms with Gasteiger partial charge in [0, 0.05) is 13.0 Å². The Morgan fingerprint density at radius 1 is 0.452 bits per heavy atom. The number of hydrogen-bond acceptors (Lipinski definition) is 14. The second-order valence-electron chi connectivity index (χ2n) is 17.9. The maximum Gasteiger partial charge on any atom is 0.306 e. The predicted molar refractivity (Wildman–Crippen MR) is 288 cm³/mol. The third-order valence-corrected chi connectivity index (χ3v) is 11.7. The van der Waals surface area contributed by atoms with Gasteiger partial charge in [0.15, 0.2) is 12.6 Å². The molecule has 0 radical (unpaired) electrons. The van der Waals surface area contributed by atoms with Crippen LogP contribution in [0.25, 0.3) is 0 Å². The number of rotatable bonds is 40. The molecule has 2 rings (SSSR count). The number of unbranched alkanes of at least 4 members (excludes halogenated alkanes) is 4. The number of carbonyl (C=O) groups excluding carboxylic acids is 1. The molecule has 2 fully saturated rings. The summed E-state index contributed by atoms with van der Waals surface area (Å²) in [7, 11) is 0. The summed E-state index contributed by atoms with van der Waals surface area (Å²) < 4.78 is 34.1. The quantitative estimate of drug-likeness (QED) is 0.0174. The first-order valence-electron chi connectivity index (χ1n) is 26.8. The van der Waals surface area contributed by atoms with E-state index in [1.165, 1.54) is 0 Å². The predicted octanol–water partition coefficient (Wildman–Crippen LogP) is 8.74. The molecule has 11 atom stereocenters. The summed E-state index contributed by atoms with van der Waals surface area (Å²) in [5.74, 6) is -0.472. The van der Waals surface area contributed by atoms with Crippen LogP contribution in [0.5, 0.6) is 0 Å². The lowest BCUT2D eigenvalue weighted by molar-refractivity contribution is -0.332. The van der Waals surface area contributed by atoms with Crippen molar-refractivity contribution < 1.29 is 69.0 Å². The van der Waals surface area contributed by atoms with Crippen LogP contribution in [0.2, 0.25) is 0 Å². The minimum Gasteiger partial charge on any atom is -0.457 e. The van der Waals surface area contributed by atoms with E-state index in [-0.39, 0.29) is 19.6 Å². The van der Waals surface area contributed by atoms with Gasteiger partial charge in [0.25, 0.3) is 0 Å². The van der Waals surface area contributed by atoms with Crippen molar-refractivity contribution in [3.05, 3.63) is 134 Å². The summed E-state index contributed by atoms with van der Waals surface area (Å²) in [6.45, 7) is 3.25. The molecule has 14 heteroatoms. The van der Waals surface area contributed by atoms with Gasteiger partial charge in [-0.15, -0.1) is 0 Å². The van der Waals surface area contributed by atoms with Gasteiger partial charge in [-0.1, -0.05) is 160 Å². The van der Waals surface area contributed by atoms with Crippen molar-refractivity contribution in [2.75, 3.05) is 33.0 Å². The average molecular weight is 1030 g/mol. The van der Waals surface area contributed by atoms with E-state index in [9.17, 15) is 40.5 Å². The summed E-state index contributed by atoms with van der Waals surface area (Å²) in [6.07, 6.45) is 46.8. The Morgan fingerprint density at radius 2 is 0.849 bits per heavy atom. The van der Waals surface area contributed by atoms with Gasteiger partial charge in [0.1, 0.15) is 54.9 Å². The van der Waals surface area contributed by atoms with Crippen molar-refractivity contribution >= 4 is 5.97 Å². The lowest BCUT2D eigenvalue weighted by atomic mass is 9.98. The third kappa shape index (κ3) is 31.6. The minimum absolute atomic E-state index is 0.00465. The molecule has 0 aromatic carbocycles. The molecule has 0 spiro atoms. The van der Waals surface area contributed by atoms with Crippen LogP contribution in [0.15, 0.2) is 134 Å².